The van der Waals surface area contributed by atoms with Gasteiger partial charge in [-0.05, 0) is 20.3 Å². The molecule has 21 atom stereocenters. The van der Waals surface area contributed by atoms with Crippen molar-refractivity contribution < 1.29 is 162 Å². The molecule has 530 valence electrons. The first kappa shape index (κ1) is 78.7. The first-order chi connectivity index (χ1) is 44.0. The molecule has 4 heterocycles. The minimum atomic E-state index is -3.23. The maximum atomic E-state index is 15.0. The van der Waals surface area contributed by atoms with Crippen molar-refractivity contribution in [2.24, 2.45) is 0 Å². The third-order valence-electron chi connectivity index (χ3n) is 13.9. The normalized spacial score (nSPS) is 31.1. The van der Waals surface area contributed by atoms with Crippen molar-refractivity contribution in [1.82, 2.24) is 10.6 Å². The number of ether oxygens (including phenoxy) is 20. The number of amides is 2. The molecule has 2 N–H and O–H groups in total. The van der Waals surface area contributed by atoms with Gasteiger partial charge in [-0.3, -0.25) is 62.3 Å². The molecular weight excluding hydrogens is 1270 g/mol. The lowest BCUT2D eigenvalue weighted by Gasteiger charge is -2.53. The summed E-state index contributed by atoms with van der Waals surface area (Å²) in [5.74, 6) is -17.8. The van der Waals surface area contributed by atoms with Gasteiger partial charge < -0.3 is 105 Å². The zero-order chi connectivity index (χ0) is 70.6. The largest absolute Gasteiger partial charge is 0.465 e. The van der Waals surface area contributed by atoms with Crippen molar-refractivity contribution in [1.29, 1.82) is 0 Å². The highest BCUT2D eigenvalue weighted by Crippen LogP contribution is 2.43. The smallest absolute Gasteiger partial charge is 0.366 e. The molecule has 0 aromatic carbocycles. The predicted molar refractivity (Wildman–Crippen MR) is 301 cm³/mol. The summed E-state index contributed by atoms with van der Waals surface area (Å²) in [6.07, 6.45) is -35.6. The molecule has 0 radical (unpaired) electrons. The molecule has 0 aromatic heterocycles. The fourth-order valence-corrected chi connectivity index (χ4v) is 10.7. The second kappa shape index (κ2) is 36.2. The second-order valence-electron chi connectivity index (χ2n) is 21.8. The summed E-state index contributed by atoms with van der Waals surface area (Å²) in [7, 11) is 0.816. The van der Waals surface area contributed by atoms with Crippen LogP contribution in [0.2, 0.25) is 0 Å². The summed E-state index contributed by atoms with van der Waals surface area (Å²) in [6, 6.07) is -3.40. The van der Waals surface area contributed by atoms with E-state index in [1.54, 1.807) is 13.8 Å². The number of hydrogen-bond acceptors (Lipinski definition) is 34. The molecule has 4 aliphatic rings. The van der Waals surface area contributed by atoms with Crippen LogP contribution in [0.3, 0.4) is 0 Å². The van der Waals surface area contributed by atoms with Crippen molar-refractivity contribution in [3.63, 3.8) is 0 Å². The van der Waals surface area contributed by atoms with Crippen LogP contribution >= 0.6 is 0 Å². The zero-order valence-electron chi connectivity index (χ0n) is 54.9. The molecule has 0 bridgehead atoms. The van der Waals surface area contributed by atoms with Gasteiger partial charge in [0.1, 0.15) is 68.6 Å². The lowest BCUT2D eigenvalue weighted by Crippen LogP contribution is -2.72. The van der Waals surface area contributed by atoms with E-state index in [-0.39, 0.29) is 19.4 Å². The maximum absolute atomic E-state index is 15.0. The Bertz CT molecular complexity index is 2720. The number of methoxy groups -OCH3 is 1. The Hall–Kier alpha value is -7.74. The Morgan fingerprint density at radius 3 is 1.46 bits per heavy atom. The Morgan fingerprint density at radius 2 is 0.968 bits per heavy atom. The van der Waals surface area contributed by atoms with Crippen LogP contribution in [-0.4, -0.2) is 245 Å². The van der Waals surface area contributed by atoms with E-state index in [4.69, 9.17) is 94.7 Å². The number of carbonyl (C=O) groups is 14. The molecule has 36 heteroatoms. The van der Waals surface area contributed by atoms with Crippen molar-refractivity contribution in [3.05, 3.63) is 0 Å². The van der Waals surface area contributed by atoms with E-state index in [0.29, 0.717) is 0 Å². The first-order valence-electron chi connectivity index (χ1n) is 29.7. The second-order valence-corrected chi connectivity index (χ2v) is 21.8. The van der Waals surface area contributed by atoms with Crippen molar-refractivity contribution in [2.75, 3.05) is 33.5 Å². The third-order valence-corrected chi connectivity index (χ3v) is 13.9. The molecule has 2 amide bonds. The van der Waals surface area contributed by atoms with Crippen LogP contribution < -0.4 is 10.6 Å². The van der Waals surface area contributed by atoms with Crippen LogP contribution in [0.4, 0.5) is 0 Å². The summed E-state index contributed by atoms with van der Waals surface area (Å²) in [5.41, 5.74) is 0. The van der Waals surface area contributed by atoms with Gasteiger partial charge in [-0.25, -0.2) is 4.79 Å². The highest BCUT2D eigenvalue weighted by Gasteiger charge is 2.65. The Balaban J connectivity index is 2.20. The number of nitrogens with one attached hydrogen (secondary N) is 2. The van der Waals surface area contributed by atoms with Crippen molar-refractivity contribution >= 4 is 83.4 Å². The summed E-state index contributed by atoms with van der Waals surface area (Å²) >= 11 is 0. The monoisotopic (exact) mass is 1350 g/mol. The van der Waals surface area contributed by atoms with Gasteiger partial charge in [0.15, 0.2) is 61.6 Å². The van der Waals surface area contributed by atoms with Crippen LogP contribution in [0.15, 0.2) is 0 Å². The molecule has 0 aromatic rings. The van der Waals surface area contributed by atoms with Crippen LogP contribution in [0.1, 0.15) is 123 Å². The van der Waals surface area contributed by atoms with Crippen LogP contribution in [0.5, 0.6) is 0 Å². The molecule has 0 saturated carbocycles. The maximum Gasteiger partial charge on any atom is 0.366 e. The molecule has 4 fully saturated rings. The molecule has 0 unspecified atom stereocenters. The predicted octanol–water partition coefficient (Wildman–Crippen LogP) is -1.04. The summed E-state index contributed by atoms with van der Waals surface area (Å²) < 4.78 is 119. The number of rotatable bonds is 29. The summed E-state index contributed by atoms with van der Waals surface area (Å²) in [4.78, 5) is 185. The van der Waals surface area contributed by atoms with E-state index in [0.717, 1.165) is 90.2 Å². The highest BCUT2D eigenvalue weighted by molar-refractivity contribution is 5.79. The SMILES string of the molecule is CCCC(=O)N[C@H]1[C@H](OCC)O[C@H](COC(C)=O)[C@@H](O[C@@H]2O[C@H](COC(C)=O)[C@H](OC(C)=O)[C@H](O[C@]3(C(=O)OC)C[C@H](OC(C)=O)[C@@H](NC(C)=O)[C@H]([C@H](OC(C)=O)[C@@H](COC(C)=O)OC(C)=O)O3)[C@H]2OC(C)=O)[C@@H]1O[C@@H]1O[C@@H](C)[C@@H](OC(C)=O)[C@@H](OC(C)=O)[C@@H]1OC(C)=O. The van der Waals surface area contributed by atoms with E-state index in [1.807, 2.05) is 0 Å². The number of hydrogen-bond donors (Lipinski definition) is 2. The van der Waals surface area contributed by atoms with Gasteiger partial charge in [-0.1, -0.05) is 6.92 Å². The fourth-order valence-electron chi connectivity index (χ4n) is 10.7. The van der Waals surface area contributed by atoms with E-state index in [9.17, 15) is 62.3 Å². The molecular formula is C58H84N2O34. The van der Waals surface area contributed by atoms with Crippen molar-refractivity contribution in [3.8, 4) is 0 Å². The van der Waals surface area contributed by atoms with Gasteiger partial charge in [-0.2, -0.15) is 0 Å². The average molecular weight is 1350 g/mol. The number of carbonyl (C=O) groups excluding carboxylic acids is 14. The topological polar surface area (TPSA) is 448 Å². The minimum absolute atomic E-state index is 0.155. The van der Waals surface area contributed by atoms with E-state index < -0.39 is 238 Å². The molecule has 0 spiro atoms. The average Bonchev–Trinajstić information content (AvgIpc) is 0.749. The zero-order valence-corrected chi connectivity index (χ0v) is 54.9. The fraction of sp³-hybridized carbons (Fsp3) is 0.759. The molecule has 4 saturated heterocycles. The lowest BCUT2D eigenvalue weighted by atomic mass is 9.87. The molecule has 36 nitrogen and oxygen atoms in total. The first-order valence-corrected chi connectivity index (χ1v) is 29.7. The molecule has 94 heavy (non-hydrogen) atoms. The summed E-state index contributed by atoms with van der Waals surface area (Å²) in [5, 5.41) is 5.29. The van der Waals surface area contributed by atoms with Crippen molar-refractivity contribution in [2.45, 2.75) is 251 Å². The molecule has 4 aliphatic heterocycles. The van der Waals surface area contributed by atoms with Gasteiger partial charge in [-0.15, -0.1) is 0 Å². The minimum Gasteiger partial charge on any atom is -0.465 e. The van der Waals surface area contributed by atoms with Gasteiger partial charge >= 0.3 is 71.6 Å². The van der Waals surface area contributed by atoms with Gasteiger partial charge in [0.2, 0.25) is 11.8 Å². The van der Waals surface area contributed by atoms with Gasteiger partial charge in [0.25, 0.3) is 5.79 Å². The summed E-state index contributed by atoms with van der Waals surface area (Å²) in [6.45, 7) is 13.3. The Morgan fingerprint density at radius 1 is 0.489 bits per heavy atom. The van der Waals surface area contributed by atoms with Crippen LogP contribution in [-0.2, 0) is 162 Å². The Kier molecular flexibility index (Phi) is 30.3. The standard InChI is InChI=1S/C58H84N2O34/c1-17-19-41(73)60-43-48(92-55-52(87-35(14)71)50(86-34(13)70)44(24(3)80-55)83-31(10)67)45(39(22-78-27(6)63)89-54(43)76-18-2)91-56-53(88-36(15)72)51(47(85-33(12)69)40(90-56)23-79-28(7)64)94-58(57(74)75-16)20-37(81-29(8)65)42(59-25(4)61)49(93-58)46(84-32(11)68)38(82-30(9)66)21-77-26(5)62/h24,37-40,42-56H,17-23H2,1-16H3,(H,59,61)(H,60,73)/t24-,37-,38+,39+,40+,42+,43+,44+,45+,46+,47-,48+,49+,50+,51-,52-,53+,54+,55-,56-,58-/m0/s1. The Labute approximate surface area is 539 Å². The number of esters is 12. The van der Waals surface area contributed by atoms with E-state index in [1.165, 1.54) is 6.92 Å². The molecule has 4 rings (SSSR count). The van der Waals surface area contributed by atoms with Crippen LogP contribution in [0, 0.1) is 0 Å². The quantitative estimate of drug-likeness (QED) is 0.0667. The van der Waals surface area contributed by atoms with E-state index in [2.05, 4.69) is 10.6 Å². The van der Waals surface area contributed by atoms with Gasteiger partial charge in [0, 0.05) is 96.1 Å². The van der Waals surface area contributed by atoms with E-state index >= 15 is 4.79 Å². The van der Waals surface area contributed by atoms with Crippen LogP contribution in [0.25, 0.3) is 0 Å². The highest BCUT2D eigenvalue weighted by atomic mass is 16.8. The lowest BCUT2D eigenvalue weighted by molar-refractivity contribution is -0.391. The third kappa shape index (κ3) is 22.7. The van der Waals surface area contributed by atoms with Gasteiger partial charge in [0.05, 0.1) is 25.7 Å². The molecule has 0 aliphatic carbocycles.